The number of aromatic nitrogens is 5. The van der Waals surface area contributed by atoms with Crippen molar-refractivity contribution < 1.29 is 22.3 Å². The van der Waals surface area contributed by atoms with Crippen LogP contribution < -0.4 is 5.32 Å². The average molecular weight is 585 g/mol. The van der Waals surface area contributed by atoms with Crippen LogP contribution >= 0.6 is 11.6 Å². The molecule has 10 nitrogen and oxygen atoms in total. The van der Waals surface area contributed by atoms with E-state index in [9.17, 15) is 17.6 Å². The van der Waals surface area contributed by atoms with Gasteiger partial charge in [0.1, 0.15) is 5.82 Å². The van der Waals surface area contributed by atoms with E-state index >= 15 is 0 Å². The number of ether oxygens (including phenoxy) is 1. The fraction of sp³-hybridized carbons (Fsp3) is 0.370. The smallest absolute Gasteiger partial charge is 0.311 e. The first-order valence-corrected chi connectivity index (χ1v) is 14.7. The van der Waals surface area contributed by atoms with Crippen molar-refractivity contribution in [3.8, 4) is 11.4 Å². The third kappa shape index (κ3) is 4.58. The molecule has 3 fully saturated rings. The number of methoxy groups -OCH3 is 1. The highest BCUT2D eigenvalue weighted by molar-refractivity contribution is 7.90. The third-order valence-electron chi connectivity index (χ3n) is 7.99. The highest BCUT2D eigenvalue weighted by Crippen LogP contribution is 2.46. The van der Waals surface area contributed by atoms with Crippen LogP contribution in [0.4, 0.5) is 10.3 Å². The van der Waals surface area contributed by atoms with Crippen molar-refractivity contribution in [3.05, 3.63) is 59.4 Å². The van der Waals surface area contributed by atoms with Crippen molar-refractivity contribution in [2.24, 2.45) is 17.8 Å². The largest absolute Gasteiger partial charge is 0.469 e. The van der Waals surface area contributed by atoms with E-state index in [-0.39, 0.29) is 68.3 Å². The molecule has 3 aliphatic rings. The maximum Gasteiger partial charge on any atom is 0.311 e. The summed E-state index contributed by atoms with van der Waals surface area (Å²) in [5, 5.41) is 3.34. The molecule has 13 heteroatoms. The summed E-state index contributed by atoms with van der Waals surface area (Å²) in [6.45, 7) is 1.85. The number of aryl methyl sites for hydroxylation is 1. The summed E-state index contributed by atoms with van der Waals surface area (Å²) >= 11 is 6.30. The summed E-state index contributed by atoms with van der Waals surface area (Å²) in [5.74, 6) is -0.688. The van der Waals surface area contributed by atoms with Gasteiger partial charge in [-0.05, 0) is 74.2 Å². The highest BCUT2D eigenvalue weighted by atomic mass is 35.5. The number of anilines is 1. The molecule has 40 heavy (non-hydrogen) atoms. The first-order chi connectivity index (χ1) is 19.2. The van der Waals surface area contributed by atoms with Crippen LogP contribution in [0, 0.1) is 30.5 Å². The standard InChI is InChI=1S/C27H26ClFN6O4S/c1-14-3-9-18(10-4-14)40(37,38)35-13-20(19-11-17(29)12-30-24(19)35)23-32-26(28)34-27(33-23)31-22-16-7-5-15(6-8-16)21(22)25(36)39-2/h3-4,9-13,15-16,21-22H,5-8H2,1-2H3,(H,31,32,33,34)/t15?,16?,21-,22-/m1/s1. The fourth-order valence-corrected chi connectivity index (χ4v) is 7.54. The van der Waals surface area contributed by atoms with Crippen molar-refractivity contribution in [2.45, 2.75) is 43.5 Å². The molecule has 0 amide bonds. The van der Waals surface area contributed by atoms with Gasteiger partial charge in [0.25, 0.3) is 10.0 Å². The number of carbonyl (C=O) groups excluding carboxylic acids is 1. The van der Waals surface area contributed by atoms with Crippen LogP contribution in [0.2, 0.25) is 5.28 Å². The first kappa shape index (κ1) is 26.6. The van der Waals surface area contributed by atoms with Crippen LogP contribution in [0.15, 0.2) is 47.6 Å². The second-order valence-electron chi connectivity index (χ2n) is 10.3. The minimum atomic E-state index is -4.09. The Bertz CT molecular complexity index is 1720. The SMILES string of the molecule is COC(=O)[C@@H]1C2CCC(CC2)[C@H]1Nc1nc(Cl)nc(-c2cn(S(=O)(=O)c3ccc(C)cc3)c3ncc(F)cc23)n1. The van der Waals surface area contributed by atoms with Crippen LogP contribution in [0.5, 0.6) is 0 Å². The van der Waals surface area contributed by atoms with Gasteiger partial charge in [-0.1, -0.05) is 17.7 Å². The number of hydrogen-bond donors (Lipinski definition) is 1. The number of nitrogens with one attached hydrogen (secondary N) is 1. The lowest BCUT2D eigenvalue weighted by Gasteiger charge is -2.47. The van der Waals surface area contributed by atoms with Gasteiger partial charge in [-0.25, -0.2) is 21.8 Å². The molecule has 208 valence electrons. The lowest BCUT2D eigenvalue weighted by molar-refractivity contribution is -0.152. The van der Waals surface area contributed by atoms with Gasteiger partial charge in [-0.3, -0.25) is 4.79 Å². The Labute approximate surface area is 235 Å². The summed E-state index contributed by atoms with van der Waals surface area (Å²) in [4.78, 5) is 29.8. The van der Waals surface area contributed by atoms with Gasteiger partial charge in [0, 0.05) is 23.2 Å². The van der Waals surface area contributed by atoms with Gasteiger partial charge < -0.3 is 10.1 Å². The molecule has 0 unspecified atom stereocenters. The molecule has 3 aromatic heterocycles. The Morgan fingerprint density at radius 2 is 1.80 bits per heavy atom. The zero-order valence-corrected chi connectivity index (χ0v) is 23.3. The van der Waals surface area contributed by atoms with Gasteiger partial charge in [-0.2, -0.15) is 15.0 Å². The number of carbonyl (C=O) groups is 1. The molecule has 3 heterocycles. The van der Waals surface area contributed by atoms with E-state index < -0.39 is 15.8 Å². The number of fused-ring (bicyclic) bond motifs is 4. The minimum absolute atomic E-state index is 0.0124. The molecule has 2 atom stereocenters. The molecule has 4 aromatic rings. The summed E-state index contributed by atoms with van der Waals surface area (Å²) < 4.78 is 47.6. The van der Waals surface area contributed by atoms with Crippen LogP contribution in [-0.4, -0.2) is 51.4 Å². The van der Waals surface area contributed by atoms with Crippen LogP contribution in [0.3, 0.4) is 0 Å². The van der Waals surface area contributed by atoms with E-state index in [1.807, 2.05) is 6.92 Å². The Hall–Kier alpha value is -3.64. The summed E-state index contributed by atoms with van der Waals surface area (Å²) in [7, 11) is -2.71. The Morgan fingerprint density at radius 1 is 1.10 bits per heavy atom. The van der Waals surface area contributed by atoms with Crippen molar-refractivity contribution in [1.82, 2.24) is 23.9 Å². The van der Waals surface area contributed by atoms with Gasteiger partial charge in [0.05, 0.1) is 24.1 Å². The van der Waals surface area contributed by atoms with Gasteiger partial charge in [0.2, 0.25) is 11.2 Å². The van der Waals surface area contributed by atoms with E-state index in [2.05, 4.69) is 25.3 Å². The quantitative estimate of drug-likeness (QED) is 0.323. The van der Waals surface area contributed by atoms with Crippen molar-refractivity contribution in [3.63, 3.8) is 0 Å². The third-order valence-corrected chi connectivity index (χ3v) is 9.83. The van der Waals surface area contributed by atoms with Crippen molar-refractivity contribution in [2.75, 3.05) is 12.4 Å². The number of hydrogen-bond acceptors (Lipinski definition) is 9. The lowest BCUT2D eigenvalue weighted by atomic mass is 9.61. The Kier molecular flexibility index (Phi) is 6.70. The molecule has 1 aromatic carbocycles. The van der Waals surface area contributed by atoms with Crippen molar-refractivity contribution >= 4 is 44.6 Å². The Balaban J connectivity index is 1.44. The molecular weight excluding hydrogens is 559 g/mol. The zero-order valence-electron chi connectivity index (χ0n) is 21.7. The number of benzene rings is 1. The maximum absolute atomic E-state index is 14.4. The van der Waals surface area contributed by atoms with E-state index in [0.29, 0.717) is 0 Å². The van der Waals surface area contributed by atoms with Crippen LogP contribution in [-0.2, 0) is 19.6 Å². The number of esters is 1. The van der Waals surface area contributed by atoms with E-state index in [0.717, 1.165) is 41.4 Å². The lowest BCUT2D eigenvalue weighted by Crippen LogP contribution is -2.52. The van der Waals surface area contributed by atoms with E-state index in [4.69, 9.17) is 16.3 Å². The number of rotatable bonds is 6. The maximum atomic E-state index is 14.4. The first-order valence-electron chi connectivity index (χ1n) is 12.9. The average Bonchev–Trinajstić information content (AvgIpc) is 3.33. The predicted molar refractivity (Wildman–Crippen MR) is 146 cm³/mol. The van der Waals surface area contributed by atoms with Gasteiger partial charge in [-0.15, -0.1) is 0 Å². The molecule has 3 aliphatic carbocycles. The fourth-order valence-electron chi connectivity index (χ4n) is 6.06. The minimum Gasteiger partial charge on any atom is -0.469 e. The zero-order chi connectivity index (χ0) is 28.2. The topological polar surface area (TPSA) is 129 Å². The molecule has 0 saturated heterocycles. The van der Waals surface area contributed by atoms with Crippen LogP contribution in [0.1, 0.15) is 31.2 Å². The molecule has 0 spiro atoms. The van der Waals surface area contributed by atoms with Gasteiger partial charge in [0.15, 0.2) is 11.5 Å². The molecule has 3 saturated carbocycles. The molecule has 7 rings (SSSR count). The second-order valence-corrected chi connectivity index (χ2v) is 12.5. The molecule has 2 bridgehead atoms. The van der Waals surface area contributed by atoms with Crippen molar-refractivity contribution in [1.29, 1.82) is 0 Å². The number of halogens is 2. The molecule has 1 N–H and O–H groups in total. The van der Waals surface area contributed by atoms with E-state index in [1.54, 1.807) is 12.1 Å². The summed E-state index contributed by atoms with van der Waals surface area (Å²) in [6.07, 6.45) is 6.11. The predicted octanol–water partition coefficient (Wildman–Crippen LogP) is 4.62. The monoisotopic (exact) mass is 584 g/mol. The molecule has 0 radical (unpaired) electrons. The van der Waals surface area contributed by atoms with E-state index in [1.165, 1.54) is 31.5 Å². The summed E-state index contributed by atoms with van der Waals surface area (Å²) in [5.41, 5.74) is 1.12. The van der Waals surface area contributed by atoms with Gasteiger partial charge >= 0.3 is 5.97 Å². The number of pyridine rings is 1. The molecule has 0 aliphatic heterocycles. The highest BCUT2D eigenvalue weighted by Gasteiger charge is 2.48. The summed E-state index contributed by atoms with van der Waals surface area (Å²) in [6, 6.07) is 7.30. The Morgan fingerprint density at radius 3 is 2.50 bits per heavy atom. The molecular formula is C27H26ClFN6O4S. The van der Waals surface area contributed by atoms with Crippen LogP contribution in [0.25, 0.3) is 22.4 Å². The number of nitrogens with zero attached hydrogens (tertiary/aromatic N) is 5. The second kappa shape index (κ2) is 10.1. The normalized spacial score (nSPS) is 22.4.